The van der Waals surface area contributed by atoms with Crippen molar-refractivity contribution in [3.05, 3.63) is 194 Å². The van der Waals surface area contributed by atoms with Gasteiger partial charge in [-0.05, 0) is 161 Å². The van der Waals surface area contributed by atoms with Crippen LogP contribution in [0.5, 0.6) is 0 Å². The van der Waals surface area contributed by atoms with Gasteiger partial charge in [-0.25, -0.2) is 9.13 Å². The lowest BCUT2D eigenvalue weighted by molar-refractivity contribution is -0.161. The molecular weight excluding hydrogens is 1530 g/mol. The Morgan fingerprint density at radius 3 is 0.664 bits per heavy atom. The van der Waals surface area contributed by atoms with Gasteiger partial charge in [0.25, 0.3) is 0 Å². The number of aliphatic hydroxyl groups is 2. The van der Waals surface area contributed by atoms with Gasteiger partial charge in [-0.15, -0.1) is 0 Å². The molecule has 0 spiro atoms. The average Bonchev–Trinajstić information content (AvgIpc) is 0.902. The van der Waals surface area contributed by atoms with Crippen molar-refractivity contribution in [1.29, 1.82) is 0 Å². The Bertz CT molecular complexity index is 2940. The van der Waals surface area contributed by atoms with Gasteiger partial charge in [0.15, 0.2) is 6.10 Å². The molecular formula is C101H168O16P2. The van der Waals surface area contributed by atoms with Gasteiger partial charge in [-0.3, -0.25) is 32.5 Å². The van der Waals surface area contributed by atoms with Gasteiger partial charge in [0.05, 0.1) is 26.4 Å². The summed E-state index contributed by atoms with van der Waals surface area (Å²) in [6.45, 7) is 2.36. The fraction of sp³-hybridized carbons (Fsp3) is 0.653. The van der Waals surface area contributed by atoms with Crippen molar-refractivity contribution in [2.45, 2.75) is 386 Å². The van der Waals surface area contributed by atoms with E-state index < -0.39 is 91.5 Å². The lowest BCUT2D eigenvalue weighted by atomic mass is 10.0. The van der Waals surface area contributed by atoms with E-state index >= 15 is 0 Å². The number of phosphoric acid groups is 2. The molecule has 0 saturated heterocycles. The van der Waals surface area contributed by atoms with E-state index in [0.717, 1.165) is 205 Å². The molecule has 678 valence electrons. The second-order valence-electron chi connectivity index (χ2n) is 30.7. The van der Waals surface area contributed by atoms with Crippen molar-refractivity contribution in [2.24, 2.45) is 0 Å². The summed E-state index contributed by atoms with van der Waals surface area (Å²) < 4.78 is 61.5. The number of unbranched alkanes of at least 4 members (excludes halogenated alkanes) is 32. The molecule has 0 aromatic heterocycles. The molecule has 0 saturated carbocycles. The van der Waals surface area contributed by atoms with E-state index in [4.69, 9.17) is 32.3 Å². The third-order valence-electron chi connectivity index (χ3n) is 19.3. The van der Waals surface area contributed by atoms with Crippen molar-refractivity contribution in [3.8, 4) is 0 Å². The van der Waals surface area contributed by atoms with Gasteiger partial charge < -0.3 is 34.2 Å². The Morgan fingerprint density at radius 1 is 0.235 bits per heavy atom. The Labute approximate surface area is 725 Å². The molecule has 5 unspecified atom stereocenters. The molecule has 0 aromatic rings. The summed E-state index contributed by atoms with van der Waals surface area (Å²) in [6.07, 6.45) is 122. The average molecular weight is 1700 g/mol. The molecule has 0 amide bonds. The topological polar surface area (TPSA) is 231 Å². The van der Waals surface area contributed by atoms with Crippen LogP contribution in [0.2, 0.25) is 0 Å². The first-order valence-corrected chi connectivity index (χ1v) is 49.7. The van der Waals surface area contributed by atoms with Crippen molar-refractivity contribution < 1.29 is 75.8 Å². The highest BCUT2D eigenvalue weighted by Crippen LogP contribution is 2.45. The normalized spacial score (nSPS) is 14.6. The van der Waals surface area contributed by atoms with E-state index in [1.54, 1.807) is 0 Å². The molecule has 16 nitrogen and oxygen atoms in total. The van der Waals surface area contributed by atoms with Gasteiger partial charge in [0.1, 0.15) is 25.4 Å². The van der Waals surface area contributed by atoms with E-state index in [-0.39, 0.29) is 19.3 Å². The third-order valence-corrected chi connectivity index (χ3v) is 21.2. The molecule has 4 N–H and O–H groups in total. The summed E-state index contributed by atoms with van der Waals surface area (Å²) in [5.41, 5.74) is 0. The Balaban J connectivity index is 4.65. The van der Waals surface area contributed by atoms with Gasteiger partial charge in [0.2, 0.25) is 0 Å². The maximum Gasteiger partial charge on any atom is 0.472 e. The first-order valence-electron chi connectivity index (χ1n) is 46.7. The van der Waals surface area contributed by atoms with Crippen LogP contribution in [0.25, 0.3) is 0 Å². The highest BCUT2D eigenvalue weighted by atomic mass is 31.2. The number of allylic oxidation sites excluding steroid dienone is 32. The molecule has 0 aliphatic rings. The molecule has 0 aliphatic carbocycles. The Kier molecular flexibility index (Phi) is 87.3. The van der Waals surface area contributed by atoms with Crippen LogP contribution >= 0.6 is 15.6 Å². The summed E-state index contributed by atoms with van der Waals surface area (Å²) in [4.78, 5) is 59.1. The van der Waals surface area contributed by atoms with E-state index in [9.17, 15) is 43.5 Å². The second-order valence-corrected chi connectivity index (χ2v) is 33.6. The molecule has 119 heavy (non-hydrogen) atoms. The predicted octanol–water partition coefficient (Wildman–Crippen LogP) is 29.0. The zero-order valence-electron chi connectivity index (χ0n) is 74.7. The van der Waals surface area contributed by atoms with Crippen molar-refractivity contribution in [2.75, 3.05) is 39.6 Å². The number of esters is 3. The molecule has 0 aromatic carbocycles. The number of aliphatic hydroxyl groups excluding tert-OH is 2. The molecule has 0 heterocycles. The number of carbonyl (C=O) groups is 3. The van der Waals surface area contributed by atoms with Crippen LogP contribution in [0.3, 0.4) is 0 Å². The number of ether oxygens (including phenoxy) is 3. The maximum absolute atomic E-state index is 13.1. The van der Waals surface area contributed by atoms with Gasteiger partial charge >= 0.3 is 33.6 Å². The molecule has 5 atom stereocenters. The smallest absolute Gasteiger partial charge is 0.463 e. The van der Waals surface area contributed by atoms with Crippen LogP contribution in [-0.4, -0.2) is 95.9 Å². The van der Waals surface area contributed by atoms with Crippen LogP contribution < -0.4 is 0 Å². The fourth-order valence-electron chi connectivity index (χ4n) is 12.3. The number of phosphoric ester groups is 2. The third kappa shape index (κ3) is 92.9. The van der Waals surface area contributed by atoms with E-state index in [2.05, 4.69) is 215 Å². The largest absolute Gasteiger partial charge is 0.472 e. The zero-order chi connectivity index (χ0) is 86.5. The second kappa shape index (κ2) is 91.6. The predicted molar refractivity (Wildman–Crippen MR) is 500 cm³/mol. The molecule has 0 rings (SSSR count). The monoisotopic (exact) mass is 1700 g/mol. The summed E-state index contributed by atoms with van der Waals surface area (Å²) in [6, 6.07) is 0. The van der Waals surface area contributed by atoms with Crippen molar-refractivity contribution in [1.82, 2.24) is 0 Å². The summed E-state index contributed by atoms with van der Waals surface area (Å²) in [7, 11) is -9.82. The van der Waals surface area contributed by atoms with Crippen LogP contribution in [0.15, 0.2) is 194 Å². The van der Waals surface area contributed by atoms with E-state index in [1.807, 2.05) is 0 Å². The molecule has 0 fully saturated rings. The summed E-state index contributed by atoms with van der Waals surface area (Å²) in [5.74, 6) is -1.59. The quantitative estimate of drug-likeness (QED) is 0.0146. The Morgan fingerprint density at radius 2 is 0.420 bits per heavy atom. The molecule has 18 heteroatoms. The summed E-state index contributed by atoms with van der Waals surface area (Å²) in [5, 5.41) is 20.8. The number of hydrogen-bond acceptors (Lipinski definition) is 14. The zero-order valence-corrected chi connectivity index (χ0v) is 76.5. The number of carbonyl (C=O) groups excluding carboxylic acids is 3. The lowest BCUT2D eigenvalue weighted by Gasteiger charge is -2.21. The highest BCUT2D eigenvalue weighted by Gasteiger charge is 2.29. The van der Waals surface area contributed by atoms with Gasteiger partial charge in [0, 0.05) is 19.3 Å². The number of rotatable bonds is 87. The molecule has 0 aliphatic heterocycles. The SMILES string of the molecule is CC/C=C\C/C=C\C/C=C\C/C=C\C/C=C\C/C=C\CCCCCCCCCCC(=O)OCC(COP(=O)(O)OCC(O)COP(=O)(O)OCC(O)COC(=O)CCCCCCCCCCCCCCCCC/C=C\C/C=C\C/C=C\C/C=C\C/C=C\CC)OC(=O)CCCCCCCCCCC/C=C\C/C=C\C/C=C\C/C=C\C/C=C\CC. The summed E-state index contributed by atoms with van der Waals surface area (Å²) >= 11 is 0. The first-order chi connectivity index (χ1) is 58.2. The van der Waals surface area contributed by atoms with Gasteiger partial charge in [-0.1, -0.05) is 382 Å². The highest BCUT2D eigenvalue weighted by molar-refractivity contribution is 7.47. The Hall–Kier alpha value is -5.61. The van der Waals surface area contributed by atoms with Crippen LogP contribution in [0.4, 0.5) is 0 Å². The van der Waals surface area contributed by atoms with Crippen LogP contribution in [0, 0.1) is 0 Å². The number of hydrogen-bond donors (Lipinski definition) is 4. The molecule has 0 bridgehead atoms. The van der Waals surface area contributed by atoms with Crippen molar-refractivity contribution >= 4 is 33.6 Å². The molecule has 0 radical (unpaired) electrons. The minimum Gasteiger partial charge on any atom is -0.463 e. The minimum atomic E-state index is -4.95. The fourth-order valence-corrected chi connectivity index (χ4v) is 13.9. The van der Waals surface area contributed by atoms with Gasteiger partial charge in [-0.2, -0.15) is 0 Å². The van der Waals surface area contributed by atoms with Crippen molar-refractivity contribution in [3.63, 3.8) is 0 Å². The standard InChI is InChI=1S/C101H168O16P2/c1-4-7-10-13-16-19-22-25-28-31-34-37-40-43-45-46-47-48-50-53-54-57-60-63-66-69-72-75-78-81-84-87-99(104)111-90-96(102)91-113-118(107,108)114-92-97(103)93-115-119(109,110)116-95-98(117-101(106)89-86-83-80-77-74-71-68-65-62-59-56-51-42-39-36-33-30-27-24-21-18-15-12-9-6-3)94-112-100(105)88-85-82-79-76-73-70-67-64-61-58-55-52-49-44-41-38-35-32-29-26-23-20-17-14-11-8-5-2/h7-12,16-21,25-30,34-39,43-45,49,51,55-56,58,96-98,102-103H,4-6,13-15,22-24,31-33,40-42,46-48,50,52-54,57,59-95H2,1-3H3,(H,107,108)(H,109,110)/b10-7-,11-8-,12-9-,19-16-,20-17-,21-18-,28-25-,29-26-,30-27-,37-34-,38-35-,39-36-,45-43-,49-44-,56-51-,58-55-. The van der Waals surface area contributed by atoms with E-state index in [0.29, 0.717) is 19.3 Å². The van der Waals surface area contributed by atoms with Crippen LogP contribution in [0.1, 0.15) is 367 Å². The van der Waals surface area contributed by atoms with Crippen LogP contribution in [-0.2, 0) is 55.8 Å². The lowest BCUT2D eigenvalue weighted by Crippen LogP contribution is -2.30. The minimum absolute atomic E-state index is 0.0884. The first kappa shape index (κ1) is 113. The van der Waals surface area contributed by atoms with E-state index in [1.165, 1.54) is 103 Å². The maximum atomic E-state index is 13.1.